The van der Waals surface area contributed by atoms with Gasteiger partial charge in [-0.2, -0.15) is 4.98 Å². The molecule has 1 saturated carbocycles. The van der Waals surface area contributed by atoms with Crippen LogP contribution in [0, 0.1) is 10.8 Å². The van der Waals surface area contributed by atoms with Crippen molar-refractivity contribution in [2.45, 2.75) is 46.0 Å². The highest BCUT2D eigenvalue weighted by atomic mass is 15.4. The van der Waals surface area contributed by atoms with Crippen LogP contribution in [0.5, 0.6) is 0 Å². The summed E-state index contributed by atoms with van der Waals surface area (Å²) in [4.78, 5) is 6.98. The van der Waals surface area contributed by atoms with Gasteiger partial charge >= 0.3 is 0 Å². The van der Waals surface area contributed by atoms with E-state index >= 15 is 0 Å². The lowest BCUT2D eigenvalue weighted by Crippen LogP contribution is -2.42. The van der Waals surface area contributed by atoms with Crippen molar-refractivity contribution >= 4 is 5.95 Å². The lowest BCUT2D eigenvalue weighted by atomic mass is 9.81. The summed E-state index contributed by atoms with van der Waals surface area (Å²) in [5.74, 6) is 2.50. The number of piperidine rings is 1. The van der Waals surface area contributed by atoms with E-state index in [1.54, 1.807) is 0 Å². The summed E-state index contributed by atoms with van der Waals surface area (Å²) < 4.78 is 0. The predicted octanol–water partition coefficient (Wildman–Crippen LogP) is 1.88. The van der Waals surface area contributed by atoms with Gasteiger partial charge in [-0.25, -0.2) is 0 Å². The predicted molar refractivity (Wildman–Crippen MR) is 76.1 cm³/mol. The molecule has 0 bridgehead atoms. The van der Waals surface area contributed by atoms with Crippen molar-refractivity contribution in [3.8, 4) is 0 Å². The SMILES string of the molecule is CC1(CN)CCN(c2n[nH]c(C3CC3(C)C)n2)CC1. The van der Waals surface area contributed by atoms with E-state index in [0.717, 1.165) is 44.2 Å². The molecule has 1 saturated heterocycles. The van der Waals surface area contributed by atoms with Gasteiger partial charge in [-0.15, -0.1) is 5.10 Å². The maximum Gasteiger partial charge on any atom is 0.244 e. The number of hydrogen-bond acceptors (Lipinski definition) is 4. The topological polar surface area (TPSA) is 70.8 Å². The molecule has 1 aromatic rings. The fourth-order valence-corrected chi connectivity index (χ4v) is 2.95. The highest BCUT2D eigenvalue weighted by Crippen LogP contribution is 2.57. The third-order valence-electron chi connectivity index (χ3n) is 5.08. The molecule has 2 aliphatic rings. The van der Waals surface area contributed by atoms with Crippen molar-refractivity contribution in [3.63, 3.8) is 0 Å². The van der Waals surface area contributed by atoms with E-state index in [4.69, 9.17) is 10.7 Å². The number of nitrogens with zero attached hydrogens (tertiary/aromatic N) is 3. The molecule has 5 nitrogen and oxygen atoms in total. The number of nitrogens with one attached hydrogen (secondary N) is 1. The van der Waals surface area contributed by atoms with E-state index in [2.05, 4.69) is 35.9 Å². The Hall–Kier alpha value is -1.10. The summed E-state index contributed by atoms with van der Waals surface area (Å²) in [6.45, 7) is 9.65. The summed E-state index contributed by atoms with van der Waals surface area (Å²) in [5, 5.41) is 7.53. The van der Waals surface area contributed by atoms with Crippen LogP contribution in [0.2, 0.25) is 0 Å². The van der Waals surface area contributed by atoms with Crippen molar-refractivity contribution in [1.82, 2.24) is 15.2 Å². The third kappa shape index (κ3) is 2.36. The van der Waals surface area contributed by atoms with Crippen LogP contribution in [0.3, 0.4) is 0 Å². The van der Waals surface area contributed by atoms with Crippen LogP contribution >= 0.6 is 0 Å². The fraction of sp³-hybridized carbons (Fsp3) is 0.857. The van der Waals surface area contributed by atoms with Gasteiger partial charge in [0.2, 0.25) is 5.95 Å². The molecular weight excluding hydrogens is 238 g/mol. The van der Waals surface area contributed by atoms with Crippen LogP contribution in [0.25, 0.3) is 0 Å². The Morgan fingerprint density at radius 1 is 1.32 bits per heavy atom. The minimum absolute atomic E-state index is 0.300. The van der Waals surface area contributed by atoms with Gasteiger partial charge in [0.25, 0.3) is 0 Å². The molecule has 106 valence electrons. The molecule has 0 amide bonds. The Kier molecular flexibility index (Phi) is 2.85. The molecule has 1 aliphatic carbocycles. The molecule has 1 aromatic heterocycles. The zero-order valence-corrected chi connectivity index (χ0v) is 12.2. The first-order valence-corrected chi connectivity index (χ1v) is 7.31. The first kappa shape index (κ1) is 12.9. The number of aromatic amines is 1. The van der Waals surface area contributed by atoms with E-state index in [1.165, 1.54) is 6.42 Å². The molecule has 3 N–H and O–H groups in total. The summed E-state index contributed by atoms with van der Waals surface area (Å²) in [6, 6.07) is 0. The quantitative estimate of drug-likeness (QED) is 0.873. The Labute approximate surface area is 115 Å². The van der Waals surface area contributed by atoms with Gasteiger partial charge in [-0.05, 0) is 36.6 Å². The summed E-state index contributed by atoms with van der Waals surface area (Å²) in [6.07, 6.45) is 3.47. The molecule has 0 spiro atoms. The molecule has 2 heterocycles. The standard InChI is InChI=1S/C14H25N5/c1-13(2)8-10(13)11-16-12(18-17-11)19-6-4-14(3,9-15)5-7-19/h10H,4-9,15H2,1-3H3,(H,16,17,18). The zero-order valence-electron chi connectivity index (χ0n) is 12.2. The highest BCUT2D eigenvalue weighted by molar-refractivity contribution is 5.32. The summed E-state index contributed by atoms with van der Waals surface area (Å²) in [5.41, 5.74) is 6.55. The average Bonchev–Trinajstić information content (AvgIpc) is 2.82. The average molecular weight is 263 g/mol. The van der Waals surface area contributed by atoms with Gasteiger partial charge in [0.05, 0.1) is 0 Å². The van der Waals surface area contributed by atoms with Crippen LogP contribution < -0.4 is 10.6 Å². The fourth-order valence-electron chi connectivity index (χ4n) is 2.95. The number of nitrogens with two attached hydrogens (primary N) is 1. The van der Waals surface area contributed by atoms with Crippen molar-refractivity contribution in [2.75, 3.05) is 24.5 Å². The Morgan fingerprint density at radius 2 is 1.95 bits per heavy atom. The number of rotatable bonds is 3. The number of anilines is 1. The van der Waals surface area contributed by atoms with E-state index in [1.807, 2.05) is 0 Å². The van der Waals surface area contributed by atoms with Crippen LogP contribution in [-0.2, 0) is 0 Å². The molecule has 1 aliphatic heterocycles. The first-order chi connectivity index (χ1) is 8.93. The molecule has 3 rings (SSSR count). The van der Waals surface area contributed by atoms with E-state index < -0.39 is 0 Å². The highest BCUT2D eigenvalue weighted by Gasteiger charge is 2.48. The van der Waals surface area contributed by atoms with Gasteiger partial charge in [0.15, 0.2) is 0 Å². The van der Waals surface area contributed by atoms with Crippen molar-refractivity contribution in [1.29, 1.82) is 0 Å². The first-order valence-electron chi connectivity index (χ1n) is 7.31. The van der Waals surface area contributed by atoms with Crippen LogP contribution in [-0.4, -0.2) is 34.8 Å². The van der Waals surface area contributed by atoms with E-state index in [-0.39, 0.29) is 0 Å². The van der Waals surface area contributed by atoms with Crippen molar-refractivity contribution in [2.24, 2.45) is 16.6 Å². The van der Waals surface area contributed by atoms with Gasteiger partial charge < -0.3 is 10.6 Å². The number of aromatic nitrogens is 3. The third-order valence-corrected chi connectivity index (χ3v) is 5.08. The molecular formula is C14H25N5. The summed E-state index contributed by atoms with van der Waals surface area (Å²) in [7, 11) is 0. The number of hydrogen-bond donors (Lipinski definition) is 2. The smallest absolute Gasteiger partial charge is 0.244 e. The molecule has 2 fully saturated rings. The normalized spacial score (nSPS) is 28.4. The van der Waals surface area contributed by atoms with Gasteiger partial charge in [0.1, 0.15) is 5.82 Å². The Balaban J connectivity index is 1.65. The Bertz CT molecular complexity index is 456. The second-order valence-corrected chi connectivity index (χ2v) is 7.27. The van der Waals surface area contributed by atoms with E-state index in [0.29, 0.717) is 16.7 Å². The molecule has 1 unspecified atom stereocenters. The lowest BCUT2D eigenvalue weighted by molar-refractivity contribution is 0.257. The largest absolute Gasteiger partial charge is 0.340 e. The lowest BCUT2D eigenvalue weighted by Gasteiger charge is -2.38. The second kappa shape index (κ2) is 4.20. The van der Waals surface area contributed by atoms with Gasteiger partial charge in [-0.1, -0.05) is 20.8 Å². The Morgan fingerprint density at radius 3 is 2.47 bits per heavy atom. The maximum atomic E-state index is 5.85. The van der Waals surface area contributed by atoms with Crippen LogP contribution in [0.4, 0.5) is 5.95 Å². The number of H-pyrrole nitrogens is 1. The molecule has 19 heavy (non-hydrogen) atoms. The van der Waals surface area contributed by atoms with Crippen molar-refractivity contribution in [3.05, 3.63) is 5.82 Å². The van der Waals surface area contributed by atoms with Gasteiger partial charge in [0, 0.05) is 19.0 Å². The van der Waals surface area contributed by atoms with Crippen LogP contribution in [0.1, 0.15) is 51.8 Å². The minimum Gasteiger partial charge on any atom is -0.340 e. The zero-order chi connectivity index (χ0) is 13.7. The van der Waals surface area contributed by atoms with Crippen LogP contribution in [0.15, 0.2) is 0 Å². The van der Waals surface area contributed by atoms with E-state index in [9.17, 15) is 0 Å². The molecule has 5 heteroatoms. The van der Waals surface area contributed by atoms with Crippen molar-refractivity contribution < 1.29 is 0 Å². The molecule has 0 radical (unpaired) electrons. The second-order valence-electron chi connectivity index (χ2n) is 7.27. The summed E-state index contributed by atoms with van der Waals surface area (Å²) >= 11 is 0. The maximum absolute atomic E-state index is 5.85. The van der Waals surface area contributed by atoms with Gasteiger partial charge in [-0.3, -0.25) is 5.10 Å². The molecule has 0 aromatic carbocycles. The minimum atomic E-state index is 0.300. The molecule has 1 atom stereocenters. The monoisotopic (exact) mass is 263 g/mol.